The van der Waals surface area contributed by atoms with Gasteiger partial charge >= 0.3 is 5.63 Å². The van der Waals surface area contributed by atoms with Gasteiger partial charge in [0.15, 0.2) is 0 Å². The molecule has 0 saturated heterocycles. The smallest absolute Gasteiger partial charge is 0.340 e. The number of fused-ring (bicyclic) bond motifs is 1. The van der Waals surface area contributed by atoms with Crippen LogP contribution in [0.5, 0.6) is 5.75 Å². The van der Waals surface area contributed by atoms with Crippen LogP contribution in [0.15, 0.2) is 63.8 Å². The summed E-state index contributed by atoms with van der Waals surface area (Å²) in [7, 11) is 0. The maximum absolute atomic E-state index is 12.7. The van der Waals surface area contributed by atoms with Gasteiger partial charge in [0.1, 0.15) is 17.9 Å². The Morgan fingerprint density at radius 1 is 0.774 bits per heavy atom. The van der Waals surface area contributed by atoms with Crippen molar-refractivity contribution in [2.45, 2.75) is 47.6 Å². The molecule has 0 spiro atoms. The van der Waals surface area contributed by atoms with Crippen molar-refractivity contribution in [1.29, 1.82) is 0 Å². The third-order valence-corrected chi connectivity index (χ3v) is 6.39. The minimum Gasteiger partial charge on any atom is -0.489 e. The first-order chi connectivity index (χ1) is 14.8. The van der Waals surface area contributed by atoms with Crippen molar-refractivity contribution in [3.8, 4) is 5.75 Å². The summed E-state index contributed by atoms with van der Waals surface area (Å²) >= 11 is 0. The average Bonchev–Trinajstić information content (AvgIpc) is 2.76. The molecule has 4 rings (SSSR count). The van der Waals surface area contributed by atoms with Crippen LogP contribution in [0, 0.1) is 34.6 Å². The van der Waals surface area contributed by atoms with Gasteiger partial charge in [0.25, 0.3) is 0 Å². The van der Waals surface area contributed by atoms with E-state index in [0.717, 1.165) is 16.5 Å². The summed E-state index contributed by atoms with van der Waals surface area (Å²) in [5.41, 5.74) is 9.31. The highest BCUT2D eigenvalue weighted by atomic mass is 16.5. The quantitative estimate of drug-likeness (QED) is 0.351. The predicted molar refractivity (Wildman–Crippen MR) is 126 cm³/mol. The van der Waals surface area contributed by atoms with Gasteiger partial charge in [0.2, 0.25) is 0 Å². The lowest BCUT2D eigenvalue weighted by atomic mass is 9.95. The normalized spacial score (nSPS) is 11.1. The summed E-state index contributed by atoms with van der Waals surface area (Å²) in [6.07, 6.45) is 0.564. The Kier molecular flexibility index (Phi) is 5.69. The van der Waals surface area contributed by atoms with E-state index in [4.69, 9.17) is 9.15 Å². The molecular weight excluding hydrogens is 384 g/mol. The molecule has 0 bridgehead atoms. The van der Waals surface area contributed by atoms with Gasteiger partial charge in [-0.05, 0) is 85.7 Å². The molecule has 1 aromatic heterocycles. The highest BCUT2D eigenvalue weighted by Crippen LogP contribution is 2.27. The molecule has 0 aliphatic heterocycles. The van der Waals surface area contributed by atoms with Crippen LogP contribution in [0.1, 0.15) is 44.5 Å². The molecule has 3 heteroatoms. The third kappa shape index (κ3) is 4.13. The Morgan fingerprint density at radius 3 is 2.13 bits per heavy atom. The lowest BCUT2D eigenvalue weighted by molar-refractivity contribution is 0.304. The molecule has 0 unspecified atom stereocenters. The molecule has 0 radical (unpaired) electrons. The fourth-order valence-corrected chi connectivity index (χ4v) is 4.14. The topological polar surface area (TPSA) is 39.4 Å². The van der Waals surface area contributed by atoms with E-state index >= 15 is 0 Å². The molecule has 0 atom stereocenters. The maximum Gasteiger partial charge on any atom is 0.340 e. The minimum absolute atomic E-state index is 0.285. The van der Waals surface area contributed by atoms with Gasteiger partial charge in [-0.1, -0.05) is 36.4 Å². The monoisotopic (exact) mass is 412 g/mol. The van der Waals surface area contributed by atoms with Crippen molar-refractivity contribution in [3.05, 3.63) is 110 Å². The number of hydrogen-bond donors (Lipinski definition) is 0. The molecule has 1 heterocycles. The molecule has 0 N–H and O–H groups in total. The van der Waals surface area contributed by atoms with Gasteiger partial charge < -0.3 is 9.15 Å². The summed E-state index contributed by atoms with van der Waals surface area (Å²) in [4.78, 5) is 12.7. The first kappa shape index (κ1) is 20.9. The molecule has 0 saturated carbocycles. The van der Waals surface area contributed by atoms with Gasteiger partial charge in [-0.3, -0.25) is 0 Å². The van der Waals surface area contributed by atoms with Crippen molar-refractivity contribution in [2.24, 2.45) is 0 Å². The summed E-state index contributed by atoms with van der Waals surface area (Å²) in [6.45, 7) is 11.0. The molecule has 0 aliphatic carbocycles. The van der Waals surface area contributed by atoms with Crippen LogP contribution in [0.2, 0.25) is 0 Å². The fourth-order valence-electron chi connectivity index (χ4n) is 4.14. The van der Waals surface area contributed by atoms with Crippen LogP contribution >= 0.6 is 0 Å². The number of aryl methyl sites for hydroxylation is 3. The molecule has 3 nitrogen and oxygen atoms in total. The zero-order valence-electron chi connectivity index (χ0n) is 18.8. The van der Waals surface area contributed by atoms with E-state index in [1.165, 1.54) is 27.8 Å². The first-order valence-corrected chi connectivity index (χ1v) is 10.6. The van der Waals surface area contributed by atoms with E-state index in [-0.39, 0.29) is 5.63 Å². The minimum atomic E-state index is -0.285. The second kappa shape index (κ2) is 8.43. The molecule has 0 amide bonds. The maximum atomic E-state index is 12.7. The van der Waals surface area contributed by atoms with Crippen molar-refractivity contribution < 1.29 is 9.15 Å². The lowest BCUT2D eigenvalue weighted by Crippen LogP contribution is -2.11. The van der Waals surface area contributed by atoms with Crippen LogP contribution < -0.4 is 10.4 Å². The van der Waals surface area contributed by atoms with E-state index in [1.807, 2.05) is 55.5 Å². The number of rotatable bonds is 5. The van der Waals surface area contributed by atoms with E-state index < -0.39 is 0 Å². The Morgan fingerprint density at radius 2 is 1.45 bits per heavy atom. The average molecular weight is 413 g/mol. The standard InChI is InChI=1S/C28H28O3/c1-17-13-18(2)20(4)26(19(17)3)16-30-23-11-12-24-21(5)25(28(29)31-27(24)15-23)14-22-9-7-6-8-10-22/h6-13,15H,14,16H2,1-5H3. The molecule has 0 fully saturated rings. The van der Waals surface area contributed by atoms with Gasteiger partial charge in [0, 0.05) is 23.4 Å². The summed E-state index contributed by atoms with van der Waals surface area (Å²) < 4.78 is 11.8. The second-order valence-electron chi connectivity index (χ2n) is 8.34. The molecule has 31 heavy (non-hydrogen) atoms. The van der Waals surface area contributed by atoms with Gasteiger partial charge in [-0.2, -0.15) is 0 Å². The Labute approximate surface area is 183 Å². The van der Waals surface area contributed by atoms with Crippen LogP contribution in [-0.2, 0) is 13.0 Å². The molecule has 158 valence electrons. The summed E-state index contributed by atoms with van der Waals surface area (Å²) in [5, 5.41) is 0.941. The summed E-state index contributed by atoms with van der Waals surface area (Å²) in [5.74, 6) is 0.698. The van der Waals surface area contributed by atoms with Crippen LogP contribution in [0.25, 0.3) is 11.0 Å². The first-order valence-electron chi connectivity index (χ1n) is 10.6. The second-order valence-corrected chi connectivity index (χ2v) is 8.34. The van der Waals surface area contributed by atoms with Crippen molar-refractivity contribution in [3.63, 3.8) is 0 Å². The highest BCUT2D eigenvalue weighted by molar-refractivity contribution is 5.82. The Balaban J connectivity index is 1.64. The van der Waals surface area contributed by atoms with Crippen LogP contribution in [0.3, 0.4) is 0 Å². The van der Waals surface area contributed by atoms with Crippen LogP contribution in [-0.4, -0.2) is 0 Å². The molecule has 3 aromatic carbocycles. The number of ether oxygens (including phenoxy) is 1. The van der Waals surface area contributed by atoms with Crippen molar-refractivity contribution in [1.82, 2.24) is 0 Å². The third-order valence-electron chi connectivity index (χ3n) is 6.39. The Hall–Kier alpha value is -3.33. The van der Waals surface area contributed by atoms with Crippen molar-refractivity contribution in [2.75, 3.05) is 0 Å². The molecule has 0 aliphatic rings. The number of hydrogen-bond acceptors (Lipinski definition) is 3. The van der Waals surface area contributed by atoms with Gasteiger partial charge in [-0.15, -0.1) is 0 Å². The lowest BCUT2D eigenvalue weighted by Gasteiger charge is -2.16. The van der Waals surface area contributed by atoms with E-state index in [1.54, 1.807) is 0 Å². The Bertz CT molecular complexity index is 1290. The van der Waals surface area contributed by atoms with Gasteiger partial charge in [-0.25, -0.2) is 4.79 Å². The largest absolute Gasteiger partial charge is 0.489 e. The predicted octanol–water partition coefficient (Wildman–Crippen LogP) is 6.50. The molecule has 4 aromatic rings. The SMILES string of the molecule is Cc1cc(C)c(C)c(COc2ccc3c(C)c(Cc4ccccc4)c(=O)oc3c2)c1C. The van der Waals surface area contributed by atoms with Crippen molar-refractivity contribution >= 4 is 11.0 Å². The highest BCUT2D eigenvalue weighted by Gasteiger charge is 2.14. The summed E-state index contributed by atoms with van der Waals surface area (Å²) in [6, 6.07) is 18.0. The zero-order valence-corrected chi connectivity index (χ0v) is 18.8. The number of benzene rings is 3. The van der Waals surface area contributed by atoms with E-state index in [0.29, 0.717) is 29.9 Å². The van der Waals surface area contributed by atoms with E-state index in [9.17, 15) is 4.79 Å². The fraction of sp³-hybridized carbons (Fsp3) is 0.250. The van der Waals surface area contributed by atoms with Gasteiger partial charge in [0.05, 0.1) is 0 Å². The van der Waals surface area contributed by atoms with Crippen LogP contribution in [0.4, 0.5) is 0 Å². The van der Waals surface area contributed by atoms with E-state index in [2.05, 4.69) is 33.8 Å². The zero-order chi connectivity index (χ0) is 22.1. The molecular formula is C28H28O3.